The zero-order valence-electron chi connectivity index (χ0n) is 18.8. The maximum atomic E-state index is 13.7. The molecule has 0 N–H and O–H groups in total. The molecule has 1 aromatic heterocycles. The summed E-state index contributed by atoms with van der Waals surface area (Å²) >= 11 is 1.25. The maximum Gasteiger partial charge on any atom is 0.279 e. The van der Waals surface area contributed by atoms with Crippen LogP contribution in [0.25, 0.3) is 10.2 Å². The number of carbonyl (C=O) groups is 1. The summed E-state index contributed by atoms with van der Waals surface area (Å²) in [5.41, 5.74) is 1.97. The van der Waals surface area contributed by atoms with Crippen molar-refractivity contribution >= 4 is 37.5 Å². The highest BCUT2D eigenvalue weighted by atomic mass is 32.2. The Hall–Kier alpha value is -3.14. The van der Waals surface area contributed by atoms with E-state index in [9.17, 15) is 17.6 Å². The minimum absolute atomic E-state index is 0.0980. The first-order chi connectivity index (χ1) is 16.3. The topological polar surface area (TPSA) is 71.7 Å². The smallest absolute Gasteiger partial charge is 0.279 e. The fourth-order valence-electron chi connectivity index (χ4n) is 3.60. The van der Waals surface area contributed by atoms with Crippen molar-refractivity contribution in [2.75, 3.05) is 7.05 Å². The lowest BCUT2D eigenvalue weighted by Crippen LogP contribution is -2.26. The van der Waals surface area contributed by atoms with Gasteiger partial charge in [0.1, 0.15) is 5.82 Å². The lowest BCUT2D eigenvalue weighted by molar-refractivity contribution is 0.0997. The summed E-state index contributed by atoms with van der Waals surface area (Å²) in [5, 5.41) is 0. The molecule has 1 amide bonds. The van der Waals surface area contributed by atoms with Gasteiger partial charge < -0.3 is 4.57 Å². The van der Waals surface area contributed by atoms with Gasteiger partial charge in [0, 0.05) is 25.7 Å². The van der Waals surface area contributed by atoms with Gasteiger partial charge in [0.25, 0.3) is 5.91 Å². The number of carbonyl (C=O) groups excluding carboxylic acids is 1. The second-order valence-electron chi connectivity index (χ2n) is 7.84. The van der Waals surface area contributed by atoms with Crippen LogP contribution in [0.4, 0.5) is 4.39 Å². The summed E-state index contributed by atoms with van der Waals surface area (Å²) in [6, 6.07) is 19.6. The molecular formula is C25H24FN3O3S2. The van der Waals surface area contributed by atoms with E-state index in [1.165, 1.54) is 59.1 Å². The van der Waals surface area contributed by atoms with Gasteiger partial charge in [-0.25, -0.2) is 12.8 Å². The summed E-state index contributed by atoms with van der Waals surface area (Å²) in [6.45, 7) is 2.89. The highest BCUT2D eigenvalue weighted by Gasteiger charge is 2.21. The Morgan fingerprint density at radius 3 is 2.44 bits per heavy atom. The number of aromatic nitrogens is 1. The number of halogens is 1. The van der Waals surface area contributed by atoms with E-state index in [1.807, 2.05) is 41.8 Å². The molecule has 0 spiro atoms. The Balaban J connectivity index is 1.60. The Kier molecular flexibility index (Phi) is 7.06. The fourth-order valence-corrected chi connectivity index (χ4v) is 5.84. The Bertz CT molecular complexity index is 1490. The molecule has 0 saturated heterocycles. The van der Waals surface area contributed by atoms with E-state index in [1.54, 1.807) is 6.07 Å². The van der Waals surface area contributed by atoms with Gasteiger partial charge in [-0.15, -0.1) is 0 Å². The third-order valence-corrected chi connectivity index (χ3v) is 8.21. The first-order valence-electron chi connectivity index (χ1n) is 10.8. The van der Waals surface area contributed by atoms with Gasteiger partial charge in [-0.05, 0) is 54.4 Å². The molecule has 0 saturated carbocycles. The van der Waals surface area contributed by atoms with Crippen LogP contribution in [0.1, 0.15) is 29.3 Å². The van der Waals surface area contributed by atoms with Crippen LogP contribution in [0, 0.1) is 5.82 Å². The first-order valence-corrected chi connectivity index (χ1v) is 13.0. The maximum absolute atomic E-state index is 13.7. The van der Waals surface area contributed by atoms with Crippen LogP contribution in [0.2, 0.25) is 0 Å². The number of amides is 1. The highest BCUT2D eigenvalue weighted by Crippen LogP contribution is 2.20. The SMILES string of the molecule is CCCn1c(=NC(=O)c2ccc(S(=O)(=O)N(C)Cc3ccccc3)cc2)sc2cc(F)ccc21. The third-order valence-electron chi connectivity index (χ3n) is 5.35. The molecule has 176 valence electrons. The zero-order chi connectivity index (χ0) is 24.3. The van der Waals surface area contributed by atoms with Crippen molar-refractivity contribution in [3.05, 3.63) is 94.5 Å². The summed E-state index contributed by atoms with van der Waals surface area (Å²) < 4.78 is 43.4. The lowest BCUT2D eigenvalue weighted by atomic mass is 10.2. The van der Waals surface area contributed by atoms with Gasteiger partial charge in [0.2, 0.25) is 10.0 Å². The lowest BCUT2D eigenvalue weighted by Gasteiger charge is -2.17. The van der Waals surface area contributed by atoms with Gasteiger partial charge in [-0.2, -0.15) is 9.30 Å². The number of hydrogen-bond donors (Lipinski definition) is 0. The number of nitrogens with zero attached hydrogens (tertiary/aromatic N) is 3. The van der Waals surface area contributed by atoms with E-state index in [0.717, 1.165) is 17.5 Å². The quantitative estimate of drug-likeness (QED) is 0.368. The fraction of sp³-hybridized carbons (Fsp3) is 0.200. The van der Waals surface area contributed by atoms with Gasteiger partial charge in [0.15, 0.2) is 4.80 Å². The van der Waals surface area contributed by atoms with Gasteiger partial charge >= 0.3 is 0 Å². The van der Waals surface area contributed by atoms with E-state index in [4.69, 9.17) is 0 Å². The van der Waals surface area contributed by atoms with Gasteiger partial charge in [0.05, 0.1) is 15.1 Å². The Morgan fingerprint density at radius 1 is 1.06 bits per heavy atom. The number of fused-ring (bicyclic) bond motifs is 1. The minimum atomic E-state index is -3.72. The molecule has 0 aliphatic carbocycles. The average molecular weight is 498 g/mol. The number of aryl methyl sites for hydroxylation is 1. The van der Waals surface area contributed by atoms with Crippen molar-refractivity contribution in [2.45, 2.75) is 31.3 Å². The van der Waals surface area contributed by atoms with E-state index >= 15 is 0 Å². The molecule has 1 heterocycles. The molecule has 0 atom stereocenters. The summed E-state index contributed by atoms with van der Waals surface area (Å²) in [6.07, 6.45) is 0.827. The molecule has 0 bridgehead atoms. The molecule has 6 nitrogen and oxygen atoms in total. The molecule has 0 unspecified atom stereocenters. The summed E-state index contributed by atoms with van der Waals surface area (Å²) in [7, 11) is -2.20. The van der Waals surface area contributed by atoms with Crippen molar-refractivity contribution in [3.8, 4) is 0 Å². The van der Waals surface area contributed by atoms with Crippen molar-refractivity contribution in [1.29, 1.82) is 0 Å². The Labute approximate surface area is 201 Å². The number of thiazole rings is 1. The van der Waals surface area contributed by atoms with Crippen molar-refractivity contribution < 1.29 is 17.6 Å². The van der Waals surface area contributed by atoms with Gasteiger partial charge in [-0.3, -0.25) is 4.79 Å². The molecule has 3 aromatic carbocycles. The van der Waals surface area contributed by atoms with Crippen molar-refractivity contribution in [2.24, 2.45) is 4.99 Å². The second-order valence-corrected chi connectivity index (χ2v) is 10.9. The van der Waals surface area contributed by atoms with Crippen molar-refractivity contribution in [3.63, 3.8) is 0 Å². The second kappa shape index (κ2) is 10.0. The Morgan fingerprint density at radius 2 is 1.76 bits per heavy atom. The average Bonchev–Trinajstić information content (AvgIpc) is 3.15. The number of sulfonamides is 1. The van der Waals surface area contributed by atoms with E-state index in [2.05, 4.69) is 4.99 Å². The van der Waals surface area contributed by atoms with Crippen LogP contribution >= 0.6 is 11.3 Å². The van der Waals surface area contributed by atoms with Crippen LogP contribution in [-0.2, 0) is 23.1 Å². The highest BCUT2D eigenvalue weighted by molar-refractivity contribution is 7.89. The van der Waals surface area contributed by atoms with Gasteiger partial charge in [-0.1, -0.05) is 48.6 Å². The van der Waals surface area contributed by atoms with Crippen molar-refractivity contribution in [1.82, 2.24) is 8.87 Å². The minimum Gasteiger partial charge on any atom is -0.316 e. The van der Waals surface area contributed by atoms with E-state index in [-0.39, 0.29) is 22.8 Å². The molecule has 0 fully saturated rings. The third kappa shape index (κ3) is 5.01. The zero-order valence-corrected chi connectivity index (χ0v) is 20.4. The predicted octanol–water partition coefficient (Wildman–Crippen LogP) is 4.81. The van der Waals surface area contributed by atoms with Crippen LogP contribution < -0.4 is 4.80 Å². The normalized spacial score (nSPS) is 12.5. The number of hydrogen-bond acceptors (Lipinski definition) is 4. The standard InChI is InChI=1S/C25H24FN3O3S2/c1-3-15-29-22-14-11-20(26)16-23(22)33-25(29)27-24(30)19-9-12-21(13-10-19)34(31,32)28(2)17-18-7-5-4-6-8-18/h4-14,16H,3,15,17H2,1-2H3. The monoisotopic (exact) mass is 497 g/mol. The largest absolute Gasteiger partial charge is 0.316 e. The molecular weight excluding hydrogens is 473 g/mol. The number of benzene rings is 3. The first kappa shape index (κ1) is 24.0. The molecule has 4 rings (SSSR count). The summed E-state index contributed by atoms with van der Waals surface area (Å²) in [5.74, 6) is -0.831. The van der Waals surface area contributed by atoms with E-state index < -0.39 is 15.9 Å². The van der Waals surface area contributed by atoms with Crippen LogP contribution in [0.15, 0.2) is 82.7 Å². The molecule has 4 aromatic rings. The van der Waals surface area contributed by atoms with Crippen LogP contribution in [0.3, 0.4) is 0 Å². The molecule has 34 heavy (non-hydrogen) atoms. The van der Waals surface area contributed by atoms with Crippen LogP contribution in [-0.4, -0.2) is 30.2 Å². The molecule has 9 heteroatoms. The number of rotatable bonds is 7. The molecule has 0 aliphatic heterocycles. The predicted molar refractivity (Wildman–Crippen MR) is 131 cm³/mol. The molecule has 0 aliphatic rings. The molecule has 0 radical (unpaired) electrons. The summed E-state index contributed by atoms with van der Waals surface area (Å²) in [4.78, 5) is 17.7. The van der Waals surface area contributed by atoms with Crippen LogP contribution in [0.5, 0.6) is 0 Å². The van der Waals surface area contributed by atoms with E-state index in [0.29, 0.717) is 16.0 Å².